The van der Waals surface area contributed by atoms with Crippen LogP contribution in [0.25, 0.3) is 0 Å². The number of nitrogen functional groups attached to an aromatic ring is 1. The smallest absolute Gasteiger partial charge is 0.131 e. The standard InChI is InChI=1S/C13H14N4O/c14-12-6-13(17-8-16-12)15-7-10-5-9-3-1-2-4-11(9)18-10/h1-4,6,8,10H,5,7H2,(H3,14,15,16,17). The maximum Gasteiger partial charge on any atom is 0.131 e. The summed E-state index contributed by atoms with van der Waals surface area (Å²) in [7, 11) is 0. The van der Waals surface area contributed by atoms with Gasteiger partial charge in [0.2, 0.25) is 0 Å². The average Bonchev–Trinajstić information content (AvgIpc) is 2.79. The van der Waals surface area contributed by atoms with Crippen LogP contribution in [0.3, 0.4) is 0 Å². The molecule has 1 aliphatic rings. The number of benzene rings is 1. The molecular weight excluding hydrogens is 228 g/mol. The van der Waals surface area contributed by atoms with E-state index in [4.69, 9.17) is 10.5 Å². The molecule has 0 aliphatic carbocycles. The molecule has 1 unspecified atom stereocenters. The molecule has 2 aromatic rings. The number of ether oxygens (including phenoxy) is 1. The first-order valence-corrected chi connectivity index (χ1v) is 5.87. The van der Waals surface area contributed by atoms with Crippen LogP contribution in [0.1, 0.15) is 5.56 Å². The third kappa shape index (κ3) is 2.20. The lowest BCUT2D eigenvalue weighted by atomic mass is 10.1. The Kier molecular flexibility index (Phi) is 2.72. The van der Waals surface area contributed by atoms with Crippen LogP contribution in [0.5, 0.6) is 5.75 Å². The van der Waals surface area contributed by atoms with Gasteiger partial charge < -0.3 is 15.8 Å². The predicted octanol–water partition coefficient (Wildman–Crippen LogP) is 1.47. The van der Waals surface area contributed by atoms with Crippen molar-refractivity contribution in [1.82, 2.24) is 9.97 Å². The lowest BCUT2D eigenvalue weighted by molar-refractivity contribution is 0.246. The minimum atomic E-state index is 0.138. The number of para-hydroxylation sites is 1. The fraction of sp³-hybridized carbons (Fsp3) is 0.231. The Labute approximate surface area is 105 Å². The number of aromatic nitrogens is 2. The summed E-state index contributed by atoms with van der Waals surface area (Å²) in [5.74, 6) is 2.16. The fourth-order valence-electron chi connectivity index (χ4n) is 2.06. The van der Waals surface area contributed by atoms with E-state index in [0.29, 0.717) is 12.4 Å². The number of hydrogen-bond donors (Lipinski definition) is 2. The molecule has 1 atom stereocenters. The number of anilines is 2. The van der Waals surface area contributed by atoms with E-state index in [-0.39, 0.29) is 6.10 Å². The Morgan fingerprint density at radius 2 is 2.22 bits per heavy atom. The van der Waals surface area contributed by atoms with Gasteiger partial charge in [-0.25, -0.2) is 9.97 Å². The molecule has 0 amide bonds. The second-order valence-electron chi connectivity index (χ2n) is 4.26. The van der Waals surface area contributed by atoms with Gasteiger partial charge in [0, 0.05) is 12.5 Å². The Hall–Kier alpha value is -2.30. The van der Waals surface area contributed by atoms with Crippen molar-refractivity contribution in [2.75, 3.05) is 17.6 Å². The first kappa shape index (κ1) is 10.8. The van der Waals surface area contributed by atoms with Gasteiger partial charge in [-0.15, -0.1) is 0 Å². The zero-order chi connectivity index (χ0) is 12.4. The molecular formula is C13H14N4O. The third-order valence-corrected chi connectivity index (χ3v) is 2.91. The lowest BCUT2D eigenvalue weighted by Gasteiger charge is -2.12. The summed E-state index contributed by atoms with van der Waals surface area (Å²) >= 11 is 0. The molecule has 3 N–H and O–H groups in total. The van der Waals surface area contributed by atoms with Crippen LogP contribution in [0.15, 0.2) is 36.7 Å². The van der Waals surface area contributed by atoms with E-state index in [0.717, 1.165) is 18.0 Å². The maximum absolute atomic E-state index is 5.82. The van der Waals surface area contributed by atoms with Crippen LogP contribution in [0, 0.1) is 0 Å². The first-order valence-electron chi connectivity index (χ1n) is 5.87. The predicted molar refractivity (Wildman–Crippen MR) is 69.5 cm³/mol. The summed E-state index contributed by atoms with van der Waals surface area (Å²) in [5.41, 5.74) is 6.84. The van der Waals surface area contributed by atoms with Crippen molar-refractivity contribution >= 4 is 11.6 Å². The normalized spacial score (nSPS) is 17.0. The number of nitrogens with one attached hydrogen (secondary N) is 1. The van der Waals surface area contributed by atoms with Crippen LogP contribution >= 0.6 is 0 Å². The quantitative estimate of drug-likeness (QED) is 0.852. The number of rotatable bonds is 3. The summed E-state index contributed by atoms with van der Waals surface area (Å²) in [6.07, 6.45) is 2.50. The van der Waals surface area contributed by atoms with Gasteiger partial charge in [-0.2, -0.15) is 0 Å². The van der Waals surface area contributed by atoms with Gasteiger partial charge in [0.25, 0.3) is 0 Å². The molecule has 0 saturated heterocycles. The van der Waals surface area contributed by atoms with Crippen molar-refractivity contribution in [1.29, 1.82) is 0 Å². The van der Waals surface area contributed by atoms with Gasteiger partial charge in [-0.3, -0.25) is 0 Å². The molecule has 1 aromatic heterocycles. The van der Waals surface area contributed by atoms with E-state index in [1.807, 2.05) is 18.2 Å². The molecule has 1 aromatic carbocycles. The Morgan fingerprint density at radius 1 is 1.33 bits per heavy atom. The largest absolute Gasteiger partial charge is 0.488 e. The second-order valence-corrected chi connectivity index (χ2v) is 4.26. The van der Waals surface area contributed by atoms with Crippen LogP contribution < -0.4 is 15.8 Å². The molecule has 3 rings (SSSR count). The maximum atomic E-state index is 5.82. The third-order valence-electron chi connectivity index (χ3n) is 2.91. The summed E-state index contributed by atoms with van der Waals surface area (Å²) < 4.78 is 5.82. The number of nitrogens with zero attached hydrogens (tertiary/aromatic N) is 2. The van der Waals surface area contributed by atoms with Crippen molar-refractivity contribution in [3.05, 3.63) is 42.2 Å². The Bertz CT molecular complexity index is 533. The number of nitrogens with two attached hydrogens (primary N) is 1. The SMILES string of the molecule is Nc1cc(NCC2Cc3ccccc3O2)ncn1. The van der Waals surface area contributed by atoms with E-state index >= 15 is 0 Å². The minimum absolute atomic E-state index is 0.138. The van der Waals surface area contributed by atoms with E-state index < -0.39 is 0 Å². The van der Waals surface area contributed by atoms with Crippen LogP contribution in [0.4, 0.5) is 11.6 Å². The summed E-state index contributed by atoms with van der Waals surface area (Å²) in [5, 5.41) is 3.21. The molecule has 92 valence electrons. The highest BCUT2D eigenvalue weighted by molar-refractivity contribution is 5.44. The zero-order valence-electron chi connectivity index (χ0n) is 9.84. The van der Waals surface area contributed by atoms with Crippen molar-refractivity contribution in [2.45, 2.75) is 12.5 Å². The van der Waals surface area contributed by atoms with Gasteiger partial charge in [0.1, 0.15) is 29.8 Å². The molecule has 0 fully saturated rings. The number of fused-ring (bicyclic) bond motifs is 1. The van der Waals surface area contributed by atoms with Crippen molar-refractivity contribution in [2.24, 2.45) is 0 Å². The molecule has 0 radical (unpaired) electrons. The fourth-order valence-corrected chi connectivity index (χ4v) is 2.06. The van der Waals surface area contributed by atoms with Crippen molar-refractivity contribution in [3.63, 3.8) is 0 Å². The van der Waals surface area contributed by atoms with E-state index in [9.17, 15) is 0 Å². The Balaban J connectivity index is 1.60. The van der Waals surface area contributed by atoms with Crippen LogP contribution in [0.2, 0.25) is 0 Å². The average molecular weight is 242 g/mol. The van der Waals surface area contributed by atoms with Gasteiger partial charge in [0.15, 0.2) is 0 Å². The molecule has 2 heterocycles. The van der Waals surface area contributed by atoms with Crippen LogP contribution in [-0.4, -0.2) is 22.6 Å². The Morgan fingerprint density at radius 3 is 3.06 bits per heavy atom. The highest BCUT2D eigenvalue weighted by Gasteiger charge is 2.21. The van der Waals surface area contributed by atoms with Crippen molar-refractivity contribution in [3.8, 4) is 5.75 Å². The van der Waals surface area contributed by atoms with Crippen LogP contribution in [-0.2, 0) is 6.42 Å². The molecule has 0 bridgehead atoms. The lowest BCUT2D eigenvalue weighted by Crippen LogP contribution is -2.24. The topological polar surface area (TPSA) is 73.1 Å². The highest BCUT2D eigenvalue weighted by Crippen LogP contribution is 2.28. The van der Waals surface area contributed by atoms with Gasteiger partial charge >= 0.3 is 0 Å². The monoisotopic (exact) mass is 242 g/mol. The number of hydrogen-bond acceptors (Lipinski definition) is 5. The van der Waals surface area contributed by atoms with Gasteiger partial charge in [-0.1, -0.05) is 18.2 Å². The highest BCUT2D eigenvalue weighted by atomic mass is 16.5. The molecule has 5 nitrogen and oxygen atoms in total. The van der Waals surface area contributed by atoms with E-state index in [2.05, 4.69) is 21.4 Å². The summed E-state index contributed by atoms with van der Waals surface area (Å²) in [4.78, 5) is 7.94. The summed E-state index contributed by atoms with van der Waals surface area (Å²) in [6, 6.07) is 9.82. The second kappa shape index (κ2) is 4.52. The molecule has 5 heteroatoms. The van der Waals surface area contributed by atoms with Crippen molar-refractivity contribution < 1.29 is 4.74 Å². The zero-order valence-corrected chi connectivity index (χ0v) is 9.84. The van der Waals surface area contributed by atoms with E-state index in [1.165, 1.54) is 11.9 Å². The summed E-state index contributed by atoms with van der Waals surface area (Å²) in [6.45, 7) is 0.700. The molecule has 1 aliphatic heterocycles. The first-order chi connectivity index (χ1) is 8.81. The molecule has 18 heavy (non-hydrogen) atoms. The van der Waals surface area contributed by atoms with Gasteiger partial charge in [0.05, 0.1) is 6.54 Å². The van der Waals surface area contributed by atoms with E-state index in [1.54, 1.807) is 6.07 Å². The molecule has 0 saturated carbocycles. The minimum Gasteiger partial charge on any atom is -0.488 e. The van der Waals surface area contributed by atoms with Gasteiger partial charge in [-0.05, 0) is 11.6 Å². The molecule has 0 spiro atoms.